The number of benzene rings is 8. The summed E-state index contributed by atoms with van der Waals surface area (Å²) < 4.78 is 8.91. The Morgan fingerprint density at radius 1 is 0.389 bits per heavy atom. The third kappa shape index (κ3) is 4.85. The van der Waals surface area contributed by atoms with Crippen molar-refractivity contribution >= 4 is 54.5 Å². The summed E-state index contributed by atoms with van der Waals surface area (Å²) >= 11 is 0. The van der Waals surface area contributed by atoms with Crippen LogP contribution in [0.3, 0.4) is 0 Å². The summed E-state index contributed by atoms with van der Waals surface area (Å²) in [6, 6.07) is 66.1. The lowest BCUT2D eigenvalue weighted by atomic mass is 9.98. The van der Waals surface area contributed by atoms with Gasteiger partial charge >= 0.3 is 0 Å². The minimum absolute atomic E-state index is 0.688. The van der Waals surface area contributed by atoms with Crippen LogP contribution in [0.5, 0.6) is 0 Å². The molecule has 4 heteroatoms. The quantitative estimate of drug-likeness (QED) is 0.181. The van der Waals surface area contributed by atoms with Crippen molar-refractivity contribution in [2.24, 2.45) is 0 Å². The van der Waals surface area contributed by atoms with Crippen LogP contribution in [0.25, 0.3) is 105 Å². The lowest BCUT2D eigenvalue weighted by Crippen LogP contribution is -1.96. The summed E-state index contributed by atoms with van der Waals surface area (Å²) in [4.78, 5) is 10.2. The van der Waals surface area contributed by atoms with E-state index in [1.165, 1.54) is 38.3 Å². The van der Waals surface area contributed by atoms with E-state index in [4.69, 9.17) is 14.4 Å². The van der Waals surface area contributed by atoms with Crippen molar-refractivity contribution in [3.05, 3.63) is 188 Å². The van der Waals surface area contributed by atoms with Crippen molar-refractivity contribution in [3.63, 3.8) is 0 Å². The molecule has 11 rings (SSSR count). The number of rotatable bonds is 5. The molecule has 0 amide bonds. The third-order valence-electron chi connectivity index (χ3n) is 10.6. The summed E-state index contributed by atoms with van der Waals surface area (Å²) in [5, 5.41) is 7.00. The van der Waals surface area contributed by atoms with Crippen molar-refractivity contribution in [2.45, 2.75) is 0 Å². The molecule has 0 spiro atoms. The molecule has 0 aliphatic heterocycles. The molecule has 0 radical (unpaired) electrons. The average Bonchev–Trinajstić information content (AvgIpc) is 3.79. The second-order valence-electron chi connectivity index (χ2n) is 13.8. The highest BCUT2D eigenvalue weighted by Crippen LogP contribution is 2.41. The minimum Gasteiger partial charge on any atom is -0.456 e. The van der Waals surface area contributed by atoms with Gasteiger partial charge < -0.3 is 8.98 Å². The first-order valence-corrected chi connectivity index (χ1v) is 18.2. The molecule has 0 saturated heterocycles. The van der Waals surface area contributed by atoms with Gasteiger partial charge in [0.15, 0.2) is 5.82 Å². The zero-order valence-corrected chi connectivity index (χ0v) is 29.1. The van der Waals surface area contributed by atoms with Crippen LogP contribution in [0.2, 0.25) is 0 Å². The van der Waals surface area contributed by atoms with Gasteiger partial charge in [0, 0.05) is 43.6 Å². The van der Waals surface area contributed by atoms with Gasteiger partial charge in [0.1, 0.15) is 11.2 Å². The molecule has 3 heterocycles. The van der Waals surface area contributed by atoms with Gasteiger partial charge in [0.2, 0.25) is 0 Å². The van der Waals surface area contributed by atoms with E-state index in [1.54, 1.807) is 0 Å². The Labute approximate surface area is 311 Å². The van der Waals surface area contributed by atoms with Crippen LogP contribution in [0, 0.1) is 0 Å². The van der Waals surface area contributed by atoms with Gasteiger partial charge in [-0.1, -0.05) is 140 Å². The fourth-order valence-corrected chi connectivity index (χ4v) is 8.09. The molecule has 0 saturated carbocycles. The first kappa shape index (κ1) is 30.3. The van der Waals surface area contributed by atoms with Gasteiger partial charge in [0.25, 0.3) is 0 Å². The van der Waals surface area contributed by atoms with E-state index < -0.39 is 0 Å². The topological polar surface area (TPSA) is 43.9 Å². The minimum atomic E-state index is 0.688. The number of aromatic nitrogens is 3. The SMILES string of the molecule is c1ccc(-c2cc(-c3cccc4oc5ccc(-c6ccc7c(c6)c6ccccc6n7-c6cccc7ccccc67)cc5c34)nc(-c3ccccc3)n2)cc1. The van der Waals surface area contributed by atoms with Crippen molar-refractivity contribution in [1.29, 1.82) is 0 Å². The van der Waals surface area contributed by atoms with Gasteiger partial charge in [-0.15, -0.1) is 0 Å². The third-order valence-corrected chi connectivity index (χ3v) is 10.6. The maximum atomic E-state index is 6.50. The van der Waals surface area contributed by atoms with E-state index in [0.717, 1.165) is 61.1 Å². The van der Waals surface area contributed by atoms with Crippen molar-refractivity contribution < 1.29 is 4.42 Å². The zero-order chi connectivity index (χ0) is 35.6. The lowest BCUT2D eigenvalue weighted by molar-refractivity contribution is 0.669. The molecular weight excluding hydrogens is 659 g/mol. The molecule has 11 aromatic rings. The number of hydrogen-bond donors (Lipinski definition) is 0. The maximum Gasteiger partial charge on any atom is 0.160 e. The highest BCUT2D eigenvalue weighted by atomic mass is 16.3. The van der Waals surface area contributed by atoms with Crippen LogP contribution in [-0.2, 0) is 0 Å². The number of nitrogens with zero attached hydrogens (tertiary/aromatic N) is 3. The predicted octanol–water partition coefficient (Wildman–Crippen LogP) is 13.3. The molecule has 0 atom stereocenters. The van der Waals surface area contributed by atoms with Crippen LogP contribution >= 0.6 is 0 Å². The Morgan fingerprint density at radius 3 is 1.89 bits per heavy atom. The van der Waals surface area contributed by atoms with Crippen LogP contribution in [0.1, 0.15) is 0 Å². The summed E-state index contributed by atoms with van der Waals surface area (Å²) in [5.41, 5.74) is 12.3. The molecular formula is C50H31N3O. The highest BCUT2D eigenvalue weighted by Gasteiger charge is 2.19. The highest BCUT2D eigenvalue weighted by molar-refractivity contribution is 6.14. The van der Waals surface area contributed by atoms with Crippen molar-refractivity contribution in [3.8, 4) is 50.7 Å². The number of furan rings is 1. The van der Waals surface area contributed by atoms with E-state index in [2.05, 4.69) is 144 Å². The van der Waals surface area contributed by atoms with Crippen LogP contribution in [0.4, 0.5) is 0 Å². The van der Waals surface area contributed by atoms with Crippen LogP contribution < -0.4 is 0 Å². The largest absolute Gasteiger partial charge is 0.456 e. The van der Waals surface area contributed by atoms with E-state index in [1.807, 2.05) is 48.5 Å². The molecule has 0 unspecified atom stereocenters. The molecule has 0 aliphatic carbocycles. The van der Waals surface area contributed by atoms with E-state index in [9.17, 15) is 0 Å². The Balaban J connectivity index is 1.10. The molecule has 3 aromatic heterocycles. The first-order chi connectivity index (χ1) is 26.8. The summed E-state index contributed by atoms with van der Waals surface area (Å²) in [6.07, 6.45) is 0. The van der Waals surface area contributed by atoms with Crippen molar-refractivity contribution in [1.82, 2.24) is 14.5 Å². The smallest absolute Gasteiger partial charge is 0.160 e. The molecule has 0 N–H and O–H groups in total. The molecule has 252 valence electrons. The fraction of sp³-hybridized carbons (Fsp3) is 0. The molecule has 0 bridgehead atoms. The van der Waals surface area contributed by atoms with Crippen LogP contribution in [0.15, 0.2) is 192 Å². The number of fused-ring (bicyclic) bond motifs is 7. The van der Waals surface area contributed by atoms with Crippen LogP contribution in [-0.4, -0.2) is 14.5 Å². The van der Waals surface area contributed by atoms with E-state index in [0.29, 0.717) is 5.82 Å². The molecule has 54 heavy (non-hydrogen) atoms. The van der Waals surface area contributed by atoms with Gasteiger partial charge in [-0.3, -0.25) is 0 Å². The van der Waals surface area contributed by atoms with Crippen molar-refractivity contribution in [2.75, 3.05) is 0 Å². The van der Waals surface area contributed by atoms with Gasteiger partial charge in [-0.2, -0.15) is 0 Å². The Bertz CT molecular complexity index is 3150. The average molecular weight is 690 g/mol. The molecule has 4 nitrogen and oxygen atoms in total. The summed E-state index contributed by atoms with van der Waals surface area (Å²) in [7, 11) is 0. The Morgan fingerprint density at radius 2 is 1.04 bits per heavy atom. The first-order valence-electron chi connectivity index (χ1n) is 18.2. The Kier molecular flexibility index (Phi) is 6.82. The van der Waals surface area contributed by atoms with Gasteiger partial charge in [0.05, 0.1) is 28.1 Å². The molecule has 8 aromatic carbocycles. The fourth-order valence-electron chi connectivity index (χ4n) is 8.09. The Hall–Kier alpha value is -7.30. The standard InChI is InChI=1S/C50H31N3O/c1-3-14-33(15-4-1)42-31-43(52-50(51-42)34-16-5-2-6-17-34)39-21-12-24-48-49(39)41-30-36(26-28-47(41)54-48)35-25-27-46-40(29-35)38-20-9-10-22-45(38)53(46)44-23-11-18-32-13-7-8-19-37(32)44/h1-31H. The predicted molar refractivity (Wildman–Crippen MR) is 223 cm³/mol. The number of hydrogen-bond acceptors (Lipinski definition) is 3. The van der Waals surface area contributed by atoms with E-state index >= 15 is 0 Å². The van der Waals surface area contributed by atoms with Gasteiger partial charge in [-0.25, -0.2) is 9.97 Å². The second kappa shape index (κ2) is 12.1. The summed E-state index contributed by atoms with van der Waals surface area (Å²) in [5.74, 6) is 0.688. The lowest BCUT2D eigenvalue weighted by Gasteiger charge is -2.12. The molecule has 0 aliphatic rings. The van der Waals surface area contributed by atoms with E-state index in [-0.39, 0.29) is 0 Å². The second-order valence-corrected chi connectivity index (χ2v) is 13.8. The maximum absolute atomic E-state index is 6.50. The zero-order valence-electron chi connectivity index (χ0n) is 29.1. The normalized spacial score (nSPS) is 11.7. The van der Waals surface area contributed by atoms with Gasteiger partial charge in [-0.05, 0) is 65.0 Å². The monoisotopic (exact) mass is 689 g/mol. The molecule has 0 fully saturated rings. The summed E-state index contributed by atoms with van der Waals surface area (Å²) in [6.45, 7) is 0. The number of para-hydroxylation sites is 1.